The van der Waals surface area contributed by atoms with Gasteiger partial charge in [-0.2, -0.15) is 0 Å². The molecule has 0 aromatic carbocycles. The van der Waals surface area contributed by atoms with Crippen LogP contribution in [0.2, 0.25) is 0 Å². The zero-order chi connectivity index (χ0) is 7.14. The highest BCUT2D eigenvalue weighted by Crippen LogP contribution is 2.52. The van der Waals surface area contributed by atoms with Crippen LogP contribution in [0, 0.1) is 23.7 Å². The molecule has 2 fully saturated rings. The third-order valence-electron chi connectivity index (χ3n) is 3.48. The Morgan fingerprint density at radius 1 is 1.10 bits per heavy atom. The molecule has 0 heteroatoms. The van der Waals surface area contributed by atoms with Gasteiger partial charge < -0.3 is 0 Å². The van der Waals surface area contributed by atoms with Crippen LogP contribution < -0.4 is 0 Å². The predicted molar refractivity (Wildman–Crippen MR) is 43.8 cm³/mol. The van der Waals surface area contributed by atoms with E-state index in [2.05, 4.69) is 13.8 Å². The van der Waals surface area contributed by atoms with Crippen LogP contribution in [0.1, 0.15) is 39.5 Å². The lowest BCUT2D eigenvalue weighted by Gasteiger charge is -1.94. The number of hydrogen-bond donors (Lipinski definition) is 0. The molecule has 0 spiro atoms. The fourth-order valence-corrected chi connectivity index (χ4v) is 2.22. The van der Waals surface area contributed by atoms with E-state index < -0.39 is 0 Å². The molecule has 10 heavy (non-hydrogen) atoms. The Morgan fingerprint density at radius 2 is 1.80 bits per heavy atom. The van der Waals surface area contributed by atoms with Gasteiger partial charge in [-0.05, 0) is 42.9 Å². The van der Waals surface area contributed by atoms with Crippen LogP contribution in [-0.2, 0) is 0 Å². The highest BCUT2D eigenvalue weighted by atomic mass is 14.5. The van der Waals surface area contributed by atoms with Gasteiger partial charge in [0.25, 0.3) is 0 Å². The Morgan fingerprint density at radius 3 is 2.20 bits per heavy atom. The molecule has 0 bridgehead atoms. The van der Waals surface area contributed by atoms with E-state index in [4.69, 9.17) is 0 Å². The molecule has 0 aliphatic heterocycles. The lowest BCUT2D eigenvalue weighted by Crippen LogP contribution is -1.84. The topological polar surface area (TPSA) is 0 Å². The maximum absolute atomic E-state index is 2.40. The minimum atomic E-state index is 1.08. The average Bonchev–Trinajstić information content (AvgIpc) is 2.76. The van der Waals surface area contributed by atoms with Crippen LogP contribution in [0.5, 0.6) is 0 Å². The molecule has 0 aromatic rings. The van der Waals surface area contributed by atoms with Crippen molar-refractivity contribution < 1.29 is 0 Å². The number of rotatable bonds is 3. The first-order valence-electron chi connectivity index (χ1n) is 4.81. The standard InChI is InChI=1S/C10H18/c1-3-8-5-10(8)6-9-4-7(9)2/h7-10H,3-6H2,1-2H3. The first kappa shape index (κ1) is 6.69. The van der Waals surface area contributed by atoms with Crippen LogP contribution in [0.4, 0.5) is 0 Å². The summed E-state index contributed by atoms with van der Waals surface area (Å²) in [5.41, 5.74) is 0. The van der Waals surface area contributed by atoms with E-state index in [0.717, 1.165) is 23.7 Å². The van der Waals surface area contributed by atoms with Gasteiger partial charge in [0.2, 0.25) is 0 Å². The monoisotopic (exact) mass is 138 g/mol. The van der Waals surface area contributed by atoms with Crippen molar-refractivity contribution in [3.63, 3.8) is 0 Å². The van der Waals surface area contributed by atoms with E-state index in [-0.39, 0.29) is 0 Å². The minimum Gasteiger partial charge on any atom is -0.0651 e. The summed E-state index contributed by atoms with van der Waals surface area (Å²) in [6.45, 7) is 4.73. The lowest BCUT2D eigenvalue weighted by atomic mass is 10.1. The fourth-order valence-electron chi connectivity index (χ4n) is 2.22. The van der Waals surface area contributed by atoms with Crippen molar-refractivity contribution in [2.45, 2.75) is 39.5 Å². The molecular formula is C10H18. The van der Waals surface area contributed by atoms with E-state index in [1.807, 2.05) is 0 Å². The smallest absolute Gasteiger partial charge is 0.0380 e. The first-order chi connectivity index (χ1) is 4.81. The molecule has 0 aromatic heterocycles. The maximum atomic E-state index is 2.40. The Hall–Kier alpha value is 0. The molecule has 2 aliphatic rings. The SMILES string of the molecule is CCC1CC1CC1CC1C. The first-order valence-corrected chi connectivity index (χ1v) is 4.81. The quantitative estimate of drug-likeness (QED) is 0.562. The molecular weight excluding hydrogens is 120 g/mol. The van der Waals surface area contributed by atoms with Crippen molar-refractivity contribution in [2.75, 3.05) is 0 Å². The normalized spacial score (nSPS) is 51.0. The summed E-state index contributed by atoms with van der Waals surface area (Å²) in [7, 11) is 0. The van der Waals surface area contributed by atoms with E-state index in [0.29, 0.717) is 0 Å². The fraction of sp³-hybridized carbons (Fsp3) is 1.00. The number of hydrogen-bond acceptors (Lipinski definition) is 0. The van der Waals surface area contributed by atoms with Crippen molar-refractivity contribution in [3.05, 3.63) is 0 Å². The summed E-state index contributed by atoms with van der Waals surface area (Å²) in [5.74, 6) is 4.51. The molecule has 0 nitrogen and oxygen atoms in total. The van der Waals surface area contributed by atoms with Gasteiger partial charge in [-0.25, -0.2) is 0 Å². The second-order valence-electron chi connectivity index (χ2n) is 4.37. The van der Waals surface area contributed by atoms with Gasteiger partial charge in [0.05, 0.1) is 0 Å². The third kappa shape index (κ3) is 1.21. The predicted octanol–water partition coefficient (Wildman–Crippen LogP) is 3.08. The second kappa shape index (κ2) is 2.25. The van der Waals surface area contributed by atoms with Crippen molar-refractivity contribution >= 4 is 0 Å². The largest absolute Gasteiger partial charge is 0.0651 e. The summed E-state index contributed by atoms with van der Waals surface area (Å²) >= 11 is 0. The van der Waals surface area contributed by atoms with Crippen molar-refractivity contribution in [3.8, 4) is 0 Å². The molecule has 4 atom stereocenters. The summed E-state index contributed by atoms with van der Waals surface area (Å²) in [5, 5.41) is 0. The molecule has 0 saturated heterocycles. The van der Waals surface area contributed by atoms with Gasteiger partial charge in [-0.3, -0.25) is 0 Å². The average molecular weight is 138 g/mol. The van der Waals surface area contributed by atoms with Crippen LogP contribution >= 0.6 is 0 Å². The van der Waals surface area contributed by atoms with Gasteiger partial charge in [0.1, 0.15) is 0 Å². The van der Waals surface area contributed by atoms with E-state index >= 15 is 0 Å². The summed E-state index contributed by atoms with van der Waals surface area (Å²) in [6, 6.07) is 0. The molecule has 2 aliphatic carbocycles. The Kier molecular flexibility index (Phi) is 1.51. The highest BCUT2D eigenvalue weighted by molar-refractivity contribution is 4.92. The zero-order valence-corrected chi connectivity index (χ0v) is 7.14. The third-order valence-corrected chi connectivity index (χ3v) is 3.48. The molecule has 0 heterocycles. The van der Waals surface area contributed by atoms with Gasteiger partial charge in [0, 0.05) is 0 Å². The van der Waals surface area contributed by atoms with Gasteiger partial charge >= 0.3 is 0 Å². The molecule has 2 saturated carbocycles. The van der Waals surface area contributed by atoms with Gasteiger partial charge in [0.15, 0.2) is 0 Å². The van der Waals surface area contributed by atoms with Crippen molar-refractivity contribution in [1.29, 1.82) is 0 Å². The van der Waals surface area contributed by atoms with Crippen molar-refractivity contribution in [2.24, 2.45) is 23.7 Å². The maximum Gasteiger partial charge on any atom is -0.0380 e. The Labute approximate surface area is 64.0 Å². The molecule has 0 amide bonds. The van der Waals surface area contributed by atoms with Crippen LogP contribution in [-0.4, -0.2) is 0 Å². The minimum absolute atomic E-state index is 1.08. The highest BCUT2D eigenvalue weighted by Gasteiger charge is 2.42. The summed E-state index contributed by atoms with van der Waals surface area (Å²) < 4.78 is 0. The van der Waals surface area contributed by atoms with Crippen molar-refractivity contribution in [1.82, 2.24) is 0 Å². The lowest BCUT2D eigenvalue weighted by molar-refractivity contribution is 0.565. The van der Waals surface area contributed by atoms with E-state index in [1.165, 1.54) is 12.8 Å². The second-order valence-corrected chi connectivity index (χ2v) is 4.37. The molecule has 0 radical (unpaired) electrons. The van der Waals surface area contributed by atoms with Gasteiger partial charge in [-0.15, -0.1) is 0 Å². The Bertz CT molecular complexity index is 128. The molecule has 2 rings (SSSR count). The molecule has 58 valence electrons. The summed E-state index contributed by atoms with van der Waals surface area (Å²) in [4.78, 5) is 0. The van der Waals surface area contributed by atoms with E-state index in [1.54, 1.807) is 12.8 Å². The molecule has 0 N–H and O–H groups in total. The molecule has 4 unspecified atom stereocenters. The zero-order valence-electron chi connectivity index (χ0n) is 7.14. The van der Waals surface area contributed by atoms with Crippen LogP contribution in [0.25, 0.3) is 0 Å². The van der Waals surface area contributed by atoms with Crippen LogP contribution in [0.3, 0.4) is 0 Å². The van der Waals surface area contributed by atoms with Crippen LogP contribution in [0.15, 0.2) is 0 Å². The Balaban J connectivity index is 1.65. The van der Waals surface area contributed by atoms with E-state index in [9.17, 15) is 0 Å². The summed E-state index contributed by atoms with van der Waals surface area (Å²) in [6.07, 6.45) is 6.10. The van der Waals surface area contributed by atoms with Gasteiger partial charge in [-0.1, -0.05) is 20.3 Å².